The number of nitrogens with one attached hydrogen (secondary N) is 1. The molecule has 2 aliphatic rings. The van der Waals surface area contributed by atoms with E-state index in [1.165, 1.54) is 0 Å². The molecule has 3 heterocycles. The number of carbonyl (C=O) groups is 1. The number of aryl methyl sites for hydroxylation is 1. The van der Waals surface area contributed by atoms with Gasteiger partial charge in [0.25, 0.3) is 5.91 Å². The van der Waals surface area contributed by atoms with E-state index in [9.17, 15) is 18.3 Å². The molecule has 10 nitrogen and oxygen atoms in total. The number of hydrogen-bond donors (Lipinski definition) is 2. The molecule has 1 saturated heterocycles. The summed E-state index contributed by atoms with van der Waals surface area (Å²) in [5.74, 6) is 0.837. The van der Waals surface area contributed by atoms with Crippen LogP contribution in [0.4, 0.5) is 0 Å². The number of likely N-dealkylation sites (tertiary alicyclic amines) is 1. The van der Waals surface area contributed by atoms with E-state index in [1.54, 1.807) is 42.2 Å². The molecule has 4 rings (SSSR count). The van der Waals surface area contributed by atoms with Crippen LogP contribution >= 0.6 is 0 Å². The van der Waals surface area contributed by atoms with Crippen molar-refractivity contribution in [2.45, 2.75) is 43.6 Å². The summed E-state index contributed by atoms with van der Waals surface area (Å²) in [5.41, 5.74) is 0.673. The smallest absolute Gasteiger partial charge is 0.289 e. The van der Waals surface area contributed by atoms with Gasteiger partial charge in [-0.3, -0.25) is 4.79 Å². The van der Waals surface area contributed by atoms with E-state index >= 15 is 0 Å². The van der Waals surface area contributed by atoms with Crippen LogP contribution in [0.15, 0.2) is 35.5 Å². The maximum atomic E-state index is 13.1. The summed E-state index contributed by atoms with van der Waals surface area (Å²) in [6, 6.07) is 5.19. The lowest BCUT2D eigenvalue weighted by Crippen LogP contribution is -2.51. The number of aliphatic hydroxyl groups is 1. The molecule has 1 unspecified atom stereocenters. The minimum atomic E-state index is -3.87. The molecule has 0 saturated carbocycles. The van der Waals surface area contributed by atoms with Gasteiger partial charge in [0.15, 0.2) is 5.82 Å². The van der Waals surface area contributed by atoms with E-state index in [0.717, 1.165) is 5.56 Å². The Balaban J connectivity index is 1.62. The van der Waals surface area contributed by atoms with Crippen LogP contribution in [0, 0.1) is 5.41 Å². The molecule has 198 valence electrons. The molecule has 0 radical (unpaired) electrons. The van der Waals surface area contributed by atoms with Crippen LogP contribution < -0.4 is 9.46 Å². The first-order valence-corrected chi connectivity index (χ1v) is 13.9. The van der Waals surface area contributed by atoms with Crippen LogP contribution in [0.2, 0.25) is 0 Å². The van der Waals surface area contributed by atoms with Gasteiger partial charge in [-0.05, 0) is 43.5 Å². The number of amides is 1. The second-order valence-corrected chi connectivity index (χ2v) is 12.2. The largest absolute Gasteiger partial charge is 0.492 e. The molecule has 0 aliphatic carbocycles. The van der Waals surface area contributed by atoms with E-state index in [0.29, 0.717) is 57.2 Å². The van der Waals surface area contributed by atoms with E-state index < -0.39 is 16.1 Å². The van der Waals surface area contributed by atoms with Gasteiger partial charge >= 0.3 is 0 Å². The normalized spacial score (nSPS) is 22.9. The zero-order valence-electron chi connectivity index (χ0n) is 21.5. The fourth-order valence-electron chi connectivity index (χ4n) is 5.04. The summed E-state index contributed by atoms with van der Waals surface area (Å²) in [6.07, 6.45) is 3.89. The van der Waals surface area contributed by atoms with Crippen LogP contribution in [-0.4, -0.2) is 91.3 Å². The van der Waals surface area contributed by atoms with E-state index in [-0.39, 0.29) is 28.7 Å². The Morgan fingerprint density at radius 1 is 1.25 bits per heavy atom. The number of β-amino-alcohol motifs (C(OH)–C–C–N with tert-alkyl or cyclic N) is 1. The fourth-order valence-corrected chi connectivity index (χ4v) is 6.24. The average Bonchev–Trinajstić information content (AvgIpc) is 3.26. The van der Waals surface area contributed by atoms with Crippen LogP contribution in [0.25, 0.3) is 0 Å². The van der Waals surface area contributed by atoms with Gasteiger partial charge in [0.2, 0.25) is 10.0 Å². The summed E-state index contributed by atoms with van der Waals surface area (Å²) in [6.45, 7) is 6.38. The zero-order chi connectivity index (χ0) is 26.1. The number of hydrogen-bond acceptors (Lipinski definition) is 7. The molecular weight excluding hydrogens is 482 g/mol. The van der Waals surface area contributed by atoms with E-state index in [4.69, 9.17) is 4.74 Å². The lowest BCUT2D eigenvalue weighted by Gasteiger charge is -2.44. The molecule has 36 heavy (non-hydrogen) atoms. The number of nitrogens with zero attached hydrogens (tertiary/aromatic N) is 4. The first kappa shape index (κ1) is 26.6. The molecule has 1 amide bonds. The topological polar surface area (TPSA) is 117 Å². The molecule has 11 heteroatoms. The van der Waals surface area contributed by atoms with Crippen molar-refractivity contribution in [3.8, 4) is 5.75 Å². The maximum Gasteiger partial charge on any atom is 0.289 e. The summed E-state index contributed by atoms with van der Waals surface area (Å²) >= 11 is 0. The van der Waals surface area contributed by atoms with Crippen molar-refractivity contribution in [1.82, 2.24) is 24.1 Å². The number of fused-ring (bicyclic) bond motifs is 1. The van der Waals surface area contributed by atoms with Gasteiger partial charge in [-0.25, -0.2) is 18.1 Å². The average molecular weight is 520 g/mol. The van der Waals surface area contributed by atoms with Gasteiger partial charge in [0, 0.05) is 57.6 Å². The monoisotopic (exact) mass is 519 g/mol. The minimum absolute atomic E-state index is 0.0746. The highest BCUT2D eigenvalue weighted by Gasteiger charge is 2.39. The number of aliphatic hydroxyl groups excluding tert-OH is 1. The van der Waals surface area contributed by atoms with Crippen LogP contribution in [0.3, 0.4) is 0 Å². The third-order valence-corrected chi connectivity index (χ3v) is 8.68. The Morgan fingerprint density at radius 2 is 1.97 bits per heavy atom. The number of ether oxygens (including phenoxy) is 1. The maximum absolute atomic E-state index is 13.1. The van der Waals surface area contributed by atoms with Crippen molar-refractivity contribution < 1.29 is 23.1 Å². The van der Waals surface area contributed by atoms with Gasteiger partial charge in [-0.2, -0.15) is 0 Å². The number of likely N-dealkylation sites (N-methyl/N-ethyl adjacent to an activating group) is 1. The molecule has 1 spiro atoms. The van der Waals surface area contributed by atoms with Crippen LogP contribution in [0.1, 0.15) is 48.8 Å². The molecule has 1 fully saturated rings. The Bertz CT molecular complexity index is 1190. The molecule has 1 aromatic heterocycles. The summed E-state index contributed by atoms with van der Waals surface area (Å²) in [5, 5.41) is 10.5. The summed E-state index contributed by atoms with van der Waals surface area (Å²) in [4.78, 5) is 21.1. The summed E-state index contributed by atoms with van der Waals surface area (Å²) in [7, 11) is -0.147. The first-order valence-electron chi connectivity index (χ1n) is 12.4. The Morgan fingerprint density at radius 3 is 2.61 bits per heavy atom. The summed E-state index contributed by atoms with van der Waals surface area (Å²) < 4.78 is 36.7. The van der Waals surface area contributed by atoms with E-state index in [2.05, 4.69) is 9.71 Å². The second-order valence-electron chi connectivity index (χ2n) is 10.5. The number of sulfonamides is 1. The third-order valence-electron chi connectivity index (χ3n) is 7.22. The third kappa shape index (κ3) is 5.74. The van der Waals surface area contributed by atoms with Crippen molar-refractivity contribution in [2.75, 3.05) is 46.4 Å². The van der Waals surface area contributed by atoms with Crippen LogP contribution in [0.5, 0.6) is 5.75 Å². The van der Waals surface area contributed by atoms with E-state index in [1.807, 2.05) is 30.7 Å². The predicted molar refractivity (Wildman–Crippen MR) is 135 cm³/mol. The van der Waals surface area contributed by atoms with Crippen molar-refractivity contribution in [3.63, 3.8) is 0 Å². The van der Waals surface area contributed by atoms with Crippen molar-refractivity contribution >= 4 is 15.9 Å². The first-order chi connectivity index (χ1) is 17.0. The quantitative estimate of drug-likeness (QED) is 0.617. The van der Waals surface area contributed by atoms with Crippen molar-refractivity contribution in [3.05, 3.63) is 42.0 Å². The number of aromatic nitrogens is 2. The Kier molecular flexibility index (Phi) is 7.75. The van der Waals surface area contributed by atoms with Gasteiger partial charge in [-0.15, -0.1) is 0 Å². The molecule has 2 aromatic rings. The molecule has 2 N–H and O–H groups in total. The molecule has 1 aromatic carbocycles. The molecule has 1 atom stereocenters. The standard InChI is InChI=1S/C25H37N5O5S/c1-18(2)19-5-6-22-21(13-19)35-17-25(16-28(3)15-20(31)14-27-36(22,33)34)7-10-30(11-8-25)24(32)23-26-9-12-29(23)4/h5-6,9,12-13,18,20,27,31H,7-8,10-11,14-17H2,1-4H3. The Labute approximate surface area is 213 Å². The fraction of sp³-hybridized carbons (Fsp3) is 0.600. The van der Waals surface area contributed by atoms with Crippen molar-refractivity contribution in [2.24, 2.45) is 12.5 Å². The minimum Gasteiger partial charge on any atom is -0.492 e. The lowest BCUT2D eigenvalue weighted by atomic mass is 9.78. The number of benzene rings is 1. The number of piperidine rings is 1. The molecular formula is C25H37N5O5S. The van der Waals surface area contributed by atoms with Crippen molar-refractivity contribution in [1.29, 1.82) is 0 Å². The SMILES string of the molecule is CC(C)c1ccc2c(c1)OCC1(CCN(C(=O)c3nccn3C)CC1)CN(C)CC(O)CNS2(=O)=O. The van der Waals surface area contributed by atoms with Gasteiger partial charge in [0.1, 0.15) is 10.6 Å². The van der Waals surface area contributed by atoms with Gasteiger partial charge < -0.3 is 24.2 Å². The molecule has 2 aliphatic heterocycles. The predicted octanol–water partition coefficient (Wildman–Crippen LogP) is 1.43. The zero-order valence-corrected chi connectivity index (χ0v) is 22.3. The van der Waals surface area contributed by atoms with Gasteiger partial charge in [-0.1, -0.05) is 19.9 Å². The number of rotatable bonds is 2. The second kappa shape index (κ2) is 10.5. The molecule has 0 bridgehead atoms. The highest BCUT2D eigenvalue weighted by atomic mass is 32.2. The Hall–Kier alpha value is -2.47. The lowest BCUT2D eigenvalue weighted by molar-refractivity contribution is 0.0154. The van der Waals surface area contributed by atoms with Crippen LogP contribution in [-0.2, 0) is 17.1 Å². The van der Waals surface area contributed by atoms with Gasteiger partial charge in [0.05, 0.1) is 12.7 Å². The highest BCUT2D eigenvalue weighted by Crippen LogP contribution is 2.36. The number of carbonyl (C=O) groups excluding carboxylic acids is 1. The number of imidazole rings is 1. The highest BCUT2D eigenvalue weighted by molar-refractivity contribution is 7.89.